The Morgan fingerprint density at radius 2 is 1.95 bits per heavy atom. The van der Waals surface area contributed by atoms with Crippen molar-refractivity contribution in [1.29, 1.82) is 0 Å². The summed E-state index contributed by atoms with van der Waals surface area (Å²) in [6, 6.07) is 5.76. The molecule has 2 aromatic heterocycles. The molecular weight excluding hydrogens is 562 g/mol. The molecule has 1 unspecified atom stereocenters. The molecule has 7 nitrogen and oxygen atoms in total. The summed E-state index contributed by atoms with van der Waals surface area (Å²) in [7, 11) is 0. The topological polar surface area (TPSA) is 72.6 Å². The number of alkyl halides is 3. The minimum absolute atomic E-state index is 0.0773. The van der Waals surface area contributed by atoms with Gasteiger partial charge in [-0.25, -0.2) is 4.98 Å². The summed E-state index contributed by atoms with van der Waals surface area (Å²) in [6.07, 6.45) is -2.03. The van der Waals surface area contributed by atoms with Gasteiger partial charge in [-0.3, -0.25) is 9.58 Å². The lowest BCUT2D eigenvalue weighted by Gasteiger charge is -2.34. The van der Waals surface area contributed by atoms with Crippen LogP contribution in [-0.4, -0.2) is 50.8 Å². The zero-order chi connectivity index (χ0) is 27.0. The number of hydrogen-bond donors (Lipinski definition) is 0. The number of carbonyl (C=O) groups excluding carboxylic acids is 1. The van der Waals surface area contributed by atoms with E-state index in [1.165, 1.54) is 4.68 Å². The van der Waals surface area contributed by atoms with E-state index in [1.54, 1.807) is 36.5 Å². The van der Waals surface area contributed by atoms with Crippen LogP contribution in [0.15, 0.2) is 34.8 Å². The molecule has 0 spiro atoms. The Morgan fingerprint density at radius 1 is 1.24 bits per heavy atom. The number of likely N-dealkylation sites (tertiary alicyclic amines) is 1. The summed E-state index contributed by atoms with van der Waals surface area (Å²) in [5, 5.41) is 11.9. The number of piperidine rings is 1. The fourth-order valence-electron chi connectivity index (χ4n) is 4.84. The second-order valence-corrected chi connectivity index (χ2v) is 11.1. The van der Waals surface area contributed by atoms with Gasteiger partial charge < -0.3 is 9.63 Å². The number of hydrogen-bond acceptors (Lipinski definition) is 7. The van der Waals surface area contributed by atoms with Crippen LogP contribution in [0, 0.1) is 6.92 Å². The van der Waals surface area contributed by atoms with Crippen molar-refractivity contribution in [2.45, 2.75) is 57.0 Å². The van der Waals surface area contributed by atoms with Gasteiger partial charge in [0.1, 0.15) is 12.0 Å². The highest BCUT2D eigenvalue weighted by Gasteiger charge is 2.35. The first kappa shape index (κ1) is 27.1. The number of halogens is 5. The highest BCUT2D eigenvalue weighted by atomic mass is 35.5. The molecular formula is C25H24Cl2F3N5O2S. The van der Waals surface area contributed by atoms with Crippen LogP contribution in [0.4, 0.5) is 13.2 Å². The first-order valence-electron chi connectivity index (χ1n) is 12.1. The van der Waals surface area contributed by atoms with Crippen LogP contribution in [0.25, 0.3) is 0 Å². The molecule has 2 aliphatic heterocycles. The molecule has 2 aliphatic rings. The number of nitrogens with zero attached hydrogens (tertiary/aromatic N) is 5. The van der Waals surface area contributed by atoms with Crippen LogP contribution in [0.5, 0.6) is 0 Å². The number of aldehydes is 1. The molecule has 0 amide bonds. The van der Waals surface area contributed by atoms with Crippen molar-refractivity contribution in [1.82, 2.24) is 19.7 Å². The fraction of sp³-hybridized carbons (Fsp3) is 0.440. The molecule has 0 aliphatic carbocycles. The second-order valence-electron chi connectivity index (χ2n) is 9.41. The highest BCUT2D eigenvalue weighted by molar-refractivity contribution is 7.10. The third-order valence-corrected chi connectivity index (χ3v) is 8.61. The third-order valence-electron chi connectivity index (χ3n) is 6.94. The van der Waals surface area contributed by atoms with Crippen molar-refractivity contribution in [3.05, 3.63) is 67.3 Å². The van der Waals surface area contributed by atoms with E-state index in [2.05, 4.69) is 10.3 Å². The van der Waals surface area contributed by atoms with E-state index in [9.17, 15) is 18.0 Å². The van der Waals surface area contributed by atoms with Crippen molar-refractivity contribution in [2.24, 2.45) is 5.16 Å². The van der Waals surface area contributed by atoms with Crippen molar-refractivity contribution >= 4 is 46.5 Å². The van der Waals surface area contributed by atoms with E-state index in [0.717, 1.165) is 41.6 Å². The lowest BCUT2D eigenvalue weighted by molar-refractivity contribution is -0.141. The first-order valence-corrected chi connectivity index (χ1v) is 13.7. The summed E-state index contributed by atoms with van der Waals surface area (Å²) < 4.78 is 40.3. The van der Waals surface area contributed by atoms with E-state index in [1.807, 2.05) is 10.3 Å². The molecule has 13 heteroatoms. The first-order chi connectivity index (χ1) is 18.1. The van der Waals surface area contributed by atoms with Crippen molar-refractivity contribution in [3.63, 3.8) is 0 Å². The summed E-state index contributed by atoms with van der Waals surface area (Å²) in [4.78, 5) is 24.3. The highest BCUT2D eigenvalue weighted by Crippen LogP contribution is 2.39. The summed E-state index contributed by atoms with van der Waals surface area (Å²) in [5.41, 5.74) is 1.63. The number of oxime groups is 1. The smallest absolute Gasteiger partial charge is 0.387 e. The third kappa shape index (κ3) is 5.61. The van der Waals surface area contributed by atoms with Gasteiger partial charge in [-0.1, -0.05) is 34.4 Å². The molecule has 0 saturated carbocycles. The molecule has 202 valence electrons. The monoisotopic (exact) mass is 585 g/mol. The van der Waals surface area contributed by atoms with Gasteiger partial charge >= 0.3 is 6.18 Å². The molecule has 1 aromatic carbocycles. The Hall–Kier alpha value is -2.47. The van der Waals surface area contributed by atoms with E-state index in [-0.39, 0.29) is 18.6 Å². The van der Waals surface area contributed by atoms with Crippen molar-refractivity contribution in [3.8, 4) is 0 Å². The van der Waals surface area contributed by atoms with Gasteiger partial charge in [-0.15, -0.1) is 11.3 Å². The zero-order valence-corrected chi connectivity index (χ0v) is 22.6. The van der Waals surface area contributed by atoms with Crippen molar-refractivity contribution in [2.75, 3.05) is 13.1 Å². The predicted molar refractivity (Wildman–Crippen MR) is 139 cm³/mol. The summed E-state index contributed by atoms with van der Waals surface area (Å²) in [6.45, 7) is 2.90. The molecule has 3 aromatic rings. The minimum Gasteiger partial charge on any atom is -0.387 e. The molecule has 4 heterocycles. The normalized spacial score (nSPS) is 19.8. The van der Waals surface area contributed by atoms with Crippen LogP contribution in [0.3, 0.4) is 0 Å². The van der Waals surface area contributed by atoms with Gasteiger partial charge in [-0.2, -0.15) is 18.3 Å². The zero-order valence-electron chi connectivity index (χ0n) is 20.3. The number of aryl methyl sites for hydroxylation is 1. The molecule has 0 bridgehead atoms. The summed E-state index contributed by atoms with van der Waals surface area (Å²) >= 11 is 14.2. The number of rotatable bonds is 7. The number of thiazole rings is 1. The average molecular weight is 586 g/mol. The van der Waals surface area contributed by atoms with E-state index in [0.29, 0.717) is 40.8 Å². The van der Waals surface area contributed by atoms with Gasteiger partial charge in [0.15, 0.2) is 11.8 Å². The van der Waals surface area contributed by atoms with Crippen LogP contribution in [-0.2, 0) is 22.4 Å². The van der Waals surface area contributed by atoms with Gasteiger partial charge in [0.05, 0.1) is 23.3 Å². The molecule has 5 rings (SSSR count). The van der Waals surface area contributed by atoms with Crippen molar-refractivity contribution < 1.29 is 22.8 Å². The SMILES string of the molecule is Cc1cc(C(F)(F)F)nn1CC(C=O)N1CCC(c2nc(C3=NO[C@@H](c4c(Cl)cccc4Cl)C3)cs2)CC1. The van der Waals surface area contributed by atoms with Crippen LogP contribution >= 0.6 is 34.5 Å². The fourth-order valence-corrected chi connectivity index (χ4v) is 6.48. The maximum absolute atomic E-state index is 13.0. The van der Waals surface area contributed by atoms with E-state index >= 15 is 0 Å². The Bertz CT molecular complexity index is 1330. The second kappa shape index (κ2) is 11.0. The lowest BCUT2D eigenvalue weighted by Crippen LogP contribution is -2.44. The standard InChI is InChI=1S/C25H24Cl2F3N5O2S/c1-14-9-22(25(28,29)30)32-35(14)11-16(12-36)34-7-5-15(6-8-34)24-31-20(13-38-24)19-10-21(37-33-19)23-17(26)3-2-4-18(23)27/h2-4,9,12-13,15-16,21H,5-8,10-11H2,1H3/t16?,21-/m1/s1. The molecule has 38 heavy (non-hydrogen) atoms. The van der Waals surface area contributed by atoms with Gasteiger partial charge in [0.2, 0.25) is 0 Å². The predicted octanol–water partition coefficient (Wildman–Crippen LogP) is 6.29. The number of carbonyl (C=O) groups is 1. The maximum Gasteiger partial charge on any atom is 0.435 e. The Morgan fingerprint density at radius 3 is 2.58 bits per heavy atom. The Labute approximate surface area is 231 Å². The molecule has 0 N–H and O–H groups in total. The van der Waals surface area contributed by atoms with Crippen LogP contribution < -0.4 is 0 Å². The summed E-state index contributed by atoms with van der Waals surface area (Å²) in [5.74, 6) is 0.220. The van der Waals surface area contributed by atoms with Gasteiger partial charge in [0, 0.05) is 39.0 Å². The molecule has 0 radical (unpaired) electrons. The molecule has 2 atom stereocenters. The Balaban J connectivity index is 1.18. The molecule has 1 saturated heterocycles. The number of aromatic nitrogens is 3. The van der Waals surface area contributed by atoms with Gasteiger partial charge in [-0.05, 0) is 51.1 Å². The quantitative estimate of drug-likeness (QED) is 0.305. The Kier molecular flexibility index (Phi) is 7.82. The minimum atomic E-state index is -4.52. The largest absolute Gasteiger partial charge is 0.435 e. The van der Waals surface area contributed by atoms with Crippen LogP contribution in [0.2, 0.25) is 10.0 Å². The average Bonchev–Trinajstić information content (AvgIpc) is 3.63. The van der Waals surface area contributed by atoms with Crippen LogP contribution in [0.1, 0.15) is 58.9 Å². The van der Waals surface area contributed by atoms with Gasteiger partial charge in [0.25, 0.3) is 0 Å². The molecule has 1 fully saturated rings. The van der Waals surface area contributed by atoms with E-state index in [4.69, 9.17) is 33.0 Å². The lowest BCUT2D eigenvalue weighted by atomic mass is 9.96. The number of benzene rings is 1. The van der Waals surface area contributed by atoms with E-state index < -0.39 is 17.9 Å². The maximum atomic E-state index is 13.0.